The monoisotopic (exact) mass is 213 g/mol. The summed E-state index contributed by atoms with van der Waals surface area (Å²) in [7, 11) is 0. The smallest absolute Gasteiger partial charge is 0.149 e. The third-order valence-electron chi connectivity index (χ3n) is 3.96. The largest absolute Gasteiger partial charge is 0.385 e. The third kappa shape index (κ3) is 2.79. The van der Waals surface area contributed by atoms with Gasteiger partial charge >= 0.3 is 0 Å². The van der Waals surface area contributed by atoms with E-state index in [2.05, 4.69) is 6.92 Å². The molecule has 0 bridgehead atoms. The van der Waals surface area contributed by atoms with Gasteiger partial charge in [0, 0.05) is 12.0 Å². The van der Waals surface area contributed by atoms with Gasteiger partial charge in [-0.1, -0.05) is 19.8 Å². The fraction of sp³-hybridized carbons (Fsp3) is 0.917. The normalized spacial score (nSPS) is 33.7. The summed E-state index contributed by atoms with van der Waals surface area (Å²) in [4.78, 5) is 10.7. The summed E-state index contributed by atoms with van der Waals surface area (Å²) >= 11 is 0. The second kappa shape index (κ2) is 5.61. The fourth-order valence-corrected chi connectivity index (χ4v) is 2.71. The Kier molecular flexibility index (Phi) is 4.74. The highest BCUT2D eigenvalue weighted by Gasteiger charge is 2.39. The first-order valence-corrected chi connectivity index (χ1v) is 6.02. The van der Waals surface area contributed by atoms with Crippen LogP contribution in [-0.4, -0.2) is 24.0 Å². The Morgan fingerprint density at radius 1 is 1.53 bits per heavy atom. The molecule has 0 spiro atoms. The van der Waals surface area contributed by atoms with Gasteiger partial charge in [0.05, 0.1) is 0 Å². The van der Waals surface area contributed by atoms with Gasteiger partial charge in [0.25, 0.3) is 0 Å². The number of nitrogens with two attached hydrogens (primary N) is 1. The molecule has 1 unspecified atom stereocenters. The number of carbonyl (C=O) groups is 1. The number of carbonyl (C=O) groups excluding carboxylic acids is 1. The van der Waals surface area contributed by atoms with E-state index in [0.717, 1.165) is 31.6 Å². The third-order valence-corrected chi connectivity index (χ3v) is 3.96. The standard InChI is InChI=1S/C12H23NO2/c1-2-3-10-4-6-12(9-13,7-5-10)11(15)8-14/h8,10-11,15H,2-7,9,13H2,1H3. The van der Waals surface area contributed by atoms with Gasteiger partial charge in [-0.3, -0.25) is 0 Å². The highest BCUT2D eigenvalue weighted by atomic mass is 16.3. The number of hydrogen-bond donors (Lipinski definition) is 2. The average Bonchev–Trinajstić information content (AvgIpc) is 2.30. The molecule has 3 heteroatoms. The molecule has 1 rings (SSSR count). The predicted molar refractivity (Wildman–Crippen MR) is 60.4 cm³/mol. The van der Waals surface area contributed by atoms with Crippen LogP contribution >= 0.6 is 0 Å². The van der Waals surface area contributed by atoms with Gasteiger partial charge in [-0.05, 0) is 31.6 Å². The van der Waals surface area contributed by atoms with Crippen molar-refractivity contribution in [2.24, 2.45) is 17.1 Å². The van der Waals surface area contributed by atoms with E-state index in [1.165, 1.54) is 12.8 Å². The molecule has 0 saturated heterocycles. The van der Waals surface area contributed by atoms with Crippen molar-refractivity contribution in [2.75, 3.05) is 6.54 Å². The maximum atomic E-state index is 10.7. The molecule has 3 N–H and O–H groups in total. The predicted octanol–water partition coefficient (Wildman–Crippen LogP) is 1.48. The number of aliphatic hydroxyl groups excluding tert-OH is 1. The second-order valence-electron chi connectivity index (χ2n) is 4.88. The Hall–Kier alpha value is -0.410. The zero-order valence-corrected chi connectivity index (χ0v) is 9.61. The highest BCUT2D eigenvalue weighted by Crippen LogP contribution is 2.41. The molecule has 0 aromatic carbocycles. The van der Waals surface area contributed by atoms with Gasteiger partial charge in [0.2, 0.25) is 0 Å². The van der Waals surface area contributed by atoms with Gasteiger partial charge in [0.15, 0.2) is 0 Å². The SMILES string of the molecule is CCCC1CCC(CN)(C(O)C=O)CC1. The summed E-state index contributed by atoms with van der Waals surface area (Å²) < 4.78 is 0. The second-order valence-corrected chi connectivity index (χ2v) is 4.88. The average molecular weight is 213 g/mol. The summed E-state index contributed by atoms with van der Waals surface area (Å²) in [6.45, 7) is 2.62. The molecule has 15 heavy (non-hydrogen) atoms. The number of hydrogen-bond acceptors (Lipinski definition) is 3. The minimum absolute atomic E-state index is 0.327. The van der Waals surface area contributed by atoms with Crippen LogP contribution in [0.3, 0.4) is 0 Å². The van der Waals surface area contributed by atoms with Crippen molar-refractivity contribution in [1.82, 2.24) is 0 Å². The molecular weight excluding hydrogens is 190 g/mol. The molecule has 0 aromatic rings. The van der Waals surface area contributed by atoms with Crippen molar-refractivity contribution < 1.29 is 9.90 Å². The zero-order valence-electron chi connectivity index (χ0n) is 9.61. The van der Waals surface area contributed by atoms with Gasteiger partial charge in [-0.2, -0.15) is 0 Å². The fourth-order valence-electron chi connectivity index (χ4n) is 2.71. The first-order chi connectivity index (χ1) is 7.18. The lowest BCUT2D eigenvalue weighted by atomic mass is 9.67. The van der Waals surface area contributed by atoms with Crippen molar-refractivity contribution in [3.8, 4) is 0 Å². The van der Waals surface area contributed by atoms with Crippen LogP contribution in [0.15, 0.2) is 0 Å². The lowest BCUT2D eigenvalue weighted by molar-refractivity contribution is -0.123. The van der Waals surface area contributed by atoms with Crippen LogP contribution < -0.4 is 5.73 Å². The van der Waals surface area contributed by atoms with Crippen molar-refractivity contribution in [3.63, 3.8) is 0 Å². The summed E-state index contributed by atoms with van der Waals surface area (Å²) in [5, 5.41) is 9.70. The molecule has 1 aliphatic rings. The molecule has 88 valence electrons. The summed E-state index contributed by atoms with van der Waals surface area (Å²) in [6, 6.07) is 0. The minimum Gasteiger partial charge on any atom is -0.385 e. The molecule has 0 aliphatic heterocycles. The maximum Gasteiger partial charge on any atom is 0.149 e. The number of aldehydes is 1. The molecule has 0 heterocycles. The van der Waals surface area contributed by atoms with Crippen LogP contribution in [0, 0.1) is 11.3 Å². The summed E-state index contributed by atoms with van der Waals surface area (Å²) in [6.07, 6.45) is 6.26. The summed E-state index contributed by atoms with van der Waals surface area (Å²) in [5.74, 6) is 0.772. The van der Waals surface area contributed by atoms with Crippen LogP contribution in [0.25, 0.3) is 0 Å². The lowest BCUT2D eigenvalue weighted by Gasteiger charge is -2.40. The van der Waals surface area contributed by atoms with Gasteiger partial charge in [-0.15, -0.1) is 0 Å². The van der Waals surface area contributed by atoms with Crippen molar-refractivity contribution in [1.29, 1.82) is 0 Å². The van der Waals surface area contributed by atoms with Crippen molar-refractivity contribution in [2.45, 2.75) is 51.6 Å². The van der Waals surface area contributed by atoms with E-state index in [4.69, 9.17) is 5.73 Å². The van der Waals surface area contributed by atoms with E-state index < -0.39 is 6.10 Å². The maximum absolute atomic E-state index is 10.7. The van der Waals surface area contributed by atoms with Gasteiger partial charge < -0.3 is 15.6 Å². The van der Waals surface area contributed by atoms with E-state index in [9.17, 15) is 9.90 Å². The molecule has 1 saturated carbocycles. The first-order valence-electron chi connectivity index (χ1n) is 6.02. The zero-order chi connectivity index (χ0) is 11.3. The van der Waals surface area contributed by atoms with E-state index in [0.29, 0.717) is 12.8 Å². The Morgan fingerprint density at radius 3 is 2.53 bits per heavy atom. The van der Waals surface area contributed by atoms with Gasteiger partial charge in [-0.25, -0.2) is 0 Å². The van der Waals surface area contributed by atoms with Crippen LogP contribution in [0.2, 0.25) is 0 Å². The van der Waals surface area contributed by atoms with Crippen LogP contribution in [0.5, 0.6) is 0 Å². The van der Waals surface area contributed by atoms with E-state index in [1.54, 1.807) is 0 Å². The molecule has 3 nitrogen and oxygen atoms in total. The Bertz CT molecular complexity index is 198. The van der Waals surface area contributed by atoms with E-state index >= 15 is 0 Å². The summed E-state index contributed by atoms with van der Waals surface area (Å²) in [5.41, 5.74) is 5.39. The van der Waals surface area contributed by atoms with E-state index in [-0.39, 0.29) is 5.41 Å². The molecular formula is C12H23NO2. The Balaban J connectivity index is 2.54. The first kappa shape index (κ1) is 12.7. The molecule has 1 fully saturated rings. The lowest BCUT2D eigenvalue weighted by Crippen LogP contribution is -2.45. The molecule has 0 radical (unpaired) electrons. The van der Waals surface area contributed by atoms with Crippen molar-refractivity contribution in [3.05, 3.63) is 0 Å². The topological polar surface area (TPSA) is 63.3 Å². The van der Waals surface area contributed by atoms with Crippen molar-refractivity contribution >= 4 is 6.29 Å². The Labute approximate surface area is 92.0 Å². The minimum atomic E-state index is -0.870. The molecule has 0 amide bonds. The van der Waals surface area contributed by atoms with E-state index in [1.807, 2.05) is 0 Å². The highest BCUT2D eigenvalue weighted by molar-refractivity contribution is 5.57. The number of aliphatic hydroxyl groups is 1. The van der Waals surface area contributed by atoms with Crippen LogP contribution in [-0.2, 0) is 4.79 Å². The van der Waals surface area contributed by atoms with Crippen LogP contribution in [0.1, 0.15) is 45.4 Å². The molecule has 1 aliphatic carbocycles. The number of rotatable bonds is 5. The molecule has 0 aromatic heterocycles. The quantitative estimate of drug-likeness (QED) is 0.680. The van der Waals surface area contributed by atoms with Crippen LogP contribution in [0.4, 0.5) is 0 Å². The van der Waals surface area contributed by atoms with Gasteiger partial charge in [0.1, 0.15) is 12.4 Å². The molecule has 1 atom stereocenters. The Morgan fingerprint density at radius 2 is 2.13 bits per heavy atom.